The van der Waals surface area contributed by atoms with E-state index in [0.29, 0.717) is 11.4 Å². The Morgan fingerprint density at radius 3 is 2.79 bits per heavy atom. The fourth-order valence-electron chi connectivity index (χ4n) is 2.10. The van der Waals surface area contributed by atoms with Gasteiger partial charge in [-0.2, -0.15) is 0 Å². The lowest BCUT2D eigenvalue weighted by molar-refractivity contribution is -0.113. The number of primary amides is 1. The van der Waals surface area contributed by atoms with Crippen LogP contribution in [0, 0.1) is 0 Å². The van der Waals surface area contributed by atoms with Crippen molar-refractivity contribution in [1.82, 2.24) is 4.98 Å². The van der Waals surface area contributed by atoms with Gasteiger partial charge < -0.3 is 16.8 Å². The minimum absolute atomic E-state index is 0.183. The third kappa shape index (κ3) is 3.66. The highest BCUT2D eigenvalue weighted by Gasteiger charge is 2.12. The summed E-state index contributed by atoms with van der Waals surface area (Å²) < 4.78 is 1.77. The molecule has 1 aromatic heterocycles. The van der Waals surface area contributed by atoms with Gasteiger partial charge in [0.1, 0.15) is 0 Å². The number of carbonyl (C=O) groups excluding carboxylic acids is 2. The van der Waals surface area contributed by atoms with Crippen molar-refractivity contribution in [1.29, 1.82) is 0 Å². The van der Waals surface area contributed by atoms with Crippen LogP contribution in [0.3, 0.4) is 0 Å². The summed E-state index contributed by atoms with van der Waals surface area (Å²) in [6, 6.07) is 12.1. The van der Waals surface area contributed by atoms with Gasteiger partial charge in [-0.1, -0.05) is 23.9 Å². The summed E-state index contributed by atoms with van der Waals surface area (Å²) >= 11 is 2.82. The average molecular weight is 358 g/mol. The standard InChI is InChI=1S/C16H14N4O2S2/c17-9-5-6-12-13(7-9)24-16(20-12)23-8-14(21)19-11-4-2-1-3-10(11)15(18)22/h1-7H,8,17H2,(H2,18,22)(H,19,21). The lowest BCUT2D eigenvalue weighted by Gasteiger charge is -2.07. The van der Waals surface area contributed by atoms with Crippen molar-refractivity contribution in [3.05, 3.63) is 48.0 Å². The summed E-state index contributed by atoms with van der Waals surface area (Å²) in [5.41, 5.74) is 13.3. The van der Waals surface area contributed by atoms with E-state index in [1.807, 2.05) is 12.1 Å². The average Bonchev–Trinajstić information content (AvgIpc) is 2.95. The van der Waals surface area contributed by atoms with Crippen LogP contribution in [-0.4, -0.2) is 22.6 Å². The normalized spacial score (nSPS) is 10.7. The number of thioether (sulfide) groups is 1. The molecule has 0 aliphatic rings. The Bertz CT molecular complexity index is 923. The quantitative estimate of drug-likeness (QED) is 0.480. The maximum atomic E-state index is 12.1. The maximum Gasteiger partial charge on any atom is 0.250 e. The summed E-state index contributed by atoms with van der Waals surface area (Å²) in [5, 5.41) is 2.70. The molecule has 24 heavy (non-hydrogen) atoms. The zero-order valence-corrected chi connectivity index (χ0v) is 14.1. The Morgan fingerprint density at radius 2 is 2.00 bits per heavy atom. The zero-order valence-electron chi connectivity index (χ0n) is 12.5. The highest BCUT2D eigenvalue weighted by Crippen LogP contribution is 2.30. The van der Waals surface area contributed by atoms with Crippen LogP contribution in [0.5, 0.6) is 0 Å². The third-order valence-electron chi connectivity index (χ3n) is 3.19. The molecule has 0 saturated carbocycles. The predicted octanol–water partition coefficient (Wildman–Crippen LogP) is 2.71. The van der Waals surface area contributed by atoms with Gasteiger partial charge in [-0.15, -0.1) is 11.3 Å². The first-order valence-corrected chi connectivity index (χ1v) is 8.80. The lowest BCUT2D eigenvalue weighted by atomic mass is 10.1. The van der Waals surface area contributed by atoms with Crippen LogP contribution in [0.15, 0.2) is 46.8 Å². The van der Waals surface area contributed by atoms with Gasteiger partial charge in [-0.25, -0.2) is 4.98 Å². The van der Waals surface area contributed by atoms with Crippen LogP contribution in [0.1, 0.15) is 10.4 Å². The molecule has 0 unspecified atom stereocenters. The molecule has 0 aliphatic heterocycles. The molecule has 6 nitrogen and oxygen atoms in total. The van der Waals surface area contributed by atoms with Gasteiger partial charge >= 0.3 is 0 Å². The second-order valence-electron chi connectivity index (χ2n) is 4.95. The maximum absolute atomic E-state index is 12.1. The van der Waals surface area contributed by atoms with Crippen molar-refractivity contribution < 1.29 is 9.59 Å². The number of hydrogen-bond donors (Lipinski definition) is 3. The van der Waals surface area contributed by atoms with E-state index in [4.69, 9.17) is 11.5 Å². The number of nitrogens with zero attached hydrogens (tertiary/aromatic N) is 1. The molecular weight excluding hydrogens is 344 g/mol. The Hall–Kier alpha value is -2.58. The molecule has 0 spiro atoms. The molecule has 0 bridgehead atoms. The number of nitrogen functional groups attached to an aromatic ring is 1. The van der Waals surface area contributed by atoms with Gasteiger partial charge in [0.25, 0.3) is 5.91 Å². The first kappa shape index (κ1) is 16.3. The number of benzene rings is 2. The molecule has 2 aromatic carbocycles. The van der Waals surface area contributed by atoms with Gasteiger partial charge in [0.2, 0.25) is 5.91 Å². The van der Waals surface area contributed by atoms with E-state index < -0.39 is 5.91 Å². The van der Waals surface area contributed by atoms with Crippen molar-refractivity contribution in [2.75, 3.05) is 16.8 Å². The topological polar surface area (TPSA) is 111 Å². The molecular formula is C16H14N4O2S2. The lowest BCUT2D eigenvalue weighted by Crippen LogP contribution is -2.19. The summed E-state index contributed by atoms with van der Waals surface area (Å²) in [4.78, 5) is 27.9. The van der Waals surface area contributed by atoms with E-state index in [0.717, 1.165) is 14.6 Å². The van der Waals surface area contributed by atoms with Crippen LogP contribution >= 0.6 is 23.1 Å². The van der Waals surface area contributed by atoms with Gasteiger partial charge in [0, 0.05) is 5.69 Å². The number of amides is 2. The molecule has 8 heteroatoms. The van der Waals surface area contributed by atoms with Crippen LogP contribution in [0.2, 0.25) is 0 Å². The Kier molecular flexibility index (Phi) is 4.68. The number of fused-ring (bicyclic) bond motifs is 1. The molecule has 0 atom stereocenters. The second kappa shape index (κ2) is 6.90. The highest BCUT2D eigenvalue weighted by atomic mass is 32.2. The van der Waals surface area contributed by atoms with Crippen LogP contribution in [0.25, 0.3) is 10.2 Å². The van der Waals surface area contributed by atoms with Gasteiger partial charge in [-0.3, -0.25) is 9.59 Å². The summed E-state index contributed by atoms with van der Waals surface area (Å²) in [5.74, 6) is -0.627. The van der Waals surface area contributed by atoms with Gasteiger partial charge in [0.15, 0.2) is 4.34 Å². The molecule has 1 heterocycles. The van der Waals surface area contributed by atoms with Gasteiger partial charge in [-0.05, 0) is 30.3 Å². The number of anilines is 2. The fourth-order valence-corrected chi connectivity index (χ4v) is 4.02. The molecule has 5 N–H and O–H groups in total. The summed E-state index contributed by atoms with van der Waals surface area (Å²) in [6.45, 7) is 0. The van der Waals surface area contributed by atoms with Crippen molar-refractivity contribution in [3.8, 4) is 0 Å². The van der Waals surface area contributed by atoms with Crippen molar-refractivity contribution >= 4 is 56.5 Å². The van der Waals surface area contributed by atoms with Crippen LogP contribution in [-0.2, 0) is 4.79 Å². The molecule has 0 fully saturated rings. The highest BCUT2D eigenvalue weighted by molar-refractivity contribution is 8.01. The molecule has 0 radical (unpaired) electrons. The van der Waals surface area contributed by atoms with E-state index in [1.54, 1.807) is 30.3 Å². The summed E-state index contributed by atoms with van der Waals surface area (Å²) in [7, 11) is 0. The third-order valence-corrected chi connectivity index (χ3v) is 5.35. The number of rotatable bonds is 5. The number of thiazole rings is 1. The van der Waals surface area contributed by atoms with Crippen LogP contribution in [0.4, 0.5) is 11.4 Å². The Morgan fingerprint density at radius 1 is 1.21 bits per heavy atom. The SMILES string of the molecule is NC(=O)c1ccccc1NC(=O)CSc1nc2ccc(N)cc2s1. The molecule has 3 rings (SSSR count). The number of hydrogen-bond acceptors (Lipinski definition) is 6. The molecule has 2 amide bonds. The number of nitrogens with two attached hydrogens (primary N) is 2. The van der Waals surface area contributed by atoms with Crippen molar-refractivity contribution in [3.63, 3.8) is 0 Å². The smallest absolute Gasteiger partial charge is 0.250 e. The monoisotopic (exact) mass is 358 g/mol. The minimum atomic E-state index is -0.581. The minimum Gasteiger partial charge on any atom is -0.399 e. The fraction of sp³-hybridized carbons (Fsp3) is 0.0625. The number of nitrogens with one attached hydrogen (secondary N) is 1. The molecule has 3 aromatic rings. The van der Waals surface area contributed by atoms with Crippen molar-refractivity contribution in [2.24, 2.45) is 5.73 Å². The summed E-state index contributed by atoms with van der Waals surface area (Å²) in [6.07, 6.45) is 0. The predicted molar refractivity (Wildman–Crippen MR) is 98.3 cm³/mol. The van der Waals surface area contributed by atoms with E-state index in [-0.39, 0.29) is 17.2 Å². The Labute approximate surface area is 146 Å². The largest absolute Gasteiger partial charge is 0.399 e. The second-order valence-corrected chi connectivity index (χ2v) is 7.21. The number of aromatic nitrogens is 1. The van der Waals surface area contributed by atoms with Crippen molar-refractivity contribution in [2.45, 2.75) is 4.34 Å². The van der Waals surface area contributed by atoms with Gasteiger partial charge in [0.05, 0.1) is 27.2 Å². The number of para-hydroxylation sites is 1. The first-order chi connectivity index (χ1) is 11.5. The van der Waals surface area contributed by atoms with E-state index in [1.165, 1.54) is 23.1 Å². The van der Waals surface area contributed by atoms with E-state index >= 15 is 0 Å². The molecule has 122 valence electrons. The molecule has 0 saturated heterocycles. The van der Waals surface area contributed by atoms with Crippen LogP contribution < -0.4 is 16.8 Å². The molecule has 0 aliphatic carbocycles. The number of carbonyl (C=O) groups is 2. The first-order valence-electron chi connectivity index (χ1n) is 7.00. The Balaban J connectivity index is 1.66. The zero-order chi connectivity index (χ0) is 17.1. The van der Waals surface area contributed by atoms with E-state index in [2.05, 4.69) is 10.3 Å². The van der Waals surface area contributed by atoms with E-state index in [9.17, 15) is 9.59 Å².